The zero-order chi connectivity index (χ0) is 17.0. The van der Waals surface area contributed by atoms with E-state index in [9.17, 15) is 13.2 Å². The standard InChI is InChI=1S/C15H21BrN2O3S2/c1-17(2)8-9-18(12-7-10-23(20,21)11-12)15(19)6-4-13-3-5-14(16)22-13/h3-6,12H,7-11H2,1-2H3/b6-4-/t12-/m0/s1. The smallest absolute Gasteiger partial charge is 0.246 e. The van der Waals surface area contributed by atoms with Crippen LogP contribution in [0.1, 0.15) is 11.3 Å². The van der Waals surface area contributed by atoms with Gasteiger partial charge in [-0.15, -0.1) is 11.3 Å². The van der Waals surface area contributed by atoms with E-state index >= 15 is 0 Å². The van der Waals surface area contributed by atoms with Crippen molar-refractivity contribution < 1.29 is 13.2 Å². The molecule has 0 N–H and O–H groups in total. The molecule has 1 aliphatic heterocycles. The summed E-state index contributed by atoms with van der Waals surface area (Å²) in [7, 11) is 0.863. The monoisotopic (exact) mass is 420 g/mol. The van der Waals surface area contributed by atoms with Crippen LogP contribution in [0.5, 0.6) is 0 Å². The Hall–Kier alpha value is -0.700. The zero-order valence-corrected chi connectivity index (χ0v) is 16.5. The Kier molecular flexibility index (Phi) is 6.41. The van der Waals surface area contributed by atoms with E-state index in [1.165, 1.54) is 0 Å². The van der Waals surface area contributed by atoms with Gasteiger partial charge in [0.25, 0.3) is 0 Å². The quantitative estimate of drug-likeness (QED) is 0.661. The molecule has 23 heavy (non-hydrogen) atoms. The van der Waals surface area contributed by atoms with Gasteiger partial charge in [-0.3, -0.25) is 4.79 Å². The zero-order valence-electron chi connectivity index (χ0n) is 13.2. The Morgan fingerprint density at radius 1 is 1.39 bits per heavy atom. The van der Waals surface area contributed by atoms with Crippen LogP contribution in [0.2, 0.25) is 0 Å². The maximum atomic E-state index is 12.6. The molecule has 0 aliphatic carbocycles. The summed E-state index contributed by atoms with van der Waals surface area (Å²) in [4.78, 5) is 17.2. The average Bonchev–Trinajstić information content (AvgIpc) is 3.02. The summed E-state index contributed by atoms with van der Waals surface area (Å²) in [6, 6.07) is 3.65. The Bertz CT molecular complexity index is 683. The van der Waals surface area contributed by atoms with Crippen LogP contribution in [0.25, 0.3) is 6.08 Å². The van der Waals surface area contributed by atoms with E-state index in [2.05, 4.69) is 15.9 Å². The van der Waals surface area contributed by atoms with Crippen LogP contribution in [0.4, 0.5) is 0 Å². The lowest BCUT2D eigenvalue weighted by atomic mass is 10.2. The molecule has 0 spiro atoms. The van der Waals surface area contributed by atoms with Gasteiger partial charge in [-0.1, -0.05) is 0 Å². The van der Waals surface area contributed by atoms with Gasteiger partial charge in [0.15, 0.2) is 9.84 Å². The van der Waals surface area contributed by atoms with E-state index in [1.54, 1.807) is 28.4 Å². The fraction of sp³-hybridized carbons (Fsp3) is 0.533. The molecule has 1 aliphatic rings. The highest BCUT2D eigenvalue weighted by molar-refractivity contribution is 9.11. The number of rotatable bonds is 6. The molecule has 0 aromatic carbocycles. The highest BCUT2D eigenvalue weighted by Gasteiger charge is 2.33. The van der Waals surface area contributed by atoms with E-state index in [0.29, 0.717) is 19.5 Å². The predicted octanol–water partition coefficient (Wildman–Crippen LogP) is 2.10. The van der Waals surface area contributed by atoms with Crippen molar-refractivity contribution in [3.63, 3.8) is 0 Å². The van der Waals surface area contributed by atoms with Gasteiger partial charge in [0.2, 0.25) is 5.91 Å². The Morgan fingerprint density at radius 2 is 2.13 bits per heavy atom. The molecule has 1 fully saturated rings. The minimum absolute atomic E-state index is 0.0740. The third-order valence-electron chi connectivity index (χ3n) is 3.70. The van der Waals surface area contributed by atoms with Crippen LogP contribution in [0.15, 0.2) is 22.0 Å². The number of hydrogen-bond acceptors (Lipinski definition) is 5. The Morgan fingerprint density at radius 3 is 2.65 bits per heavy atom. The van der Waals surface area contributed by atoms with Crippen molar-refractivity contribution in [1.29, 1.82) is 0 Å². The third-order valence-corrected chi connectivity index (χ3v) is 7.04. The maximum Gasteiger partial charge on any atom is 0.246 e. The second-order valence-electron chi connectivity index (χ2n) is 5.87. The second-order valence-corrected chi connectivity index (χ2v) is 10.6. The second kappa shape index (κ2) is 7.92. The van der Waals surface area contributed by atoms with Gasteiger partial charge < -0.3 is 9.80 Å². The first kappa shape index (κ1) is 18.6. The molecule has 1 aromatic rings. The Labute approximate surface area is 150 Å². The van der Waals surface area contributed by atoms with Crippen molar-refractivity contribution in [1.82, 2.24) is 9.80 Å². The summed E-state index contributed by atoms with van der Waals surface area (Å²) in [6.07, 6.45) is 3.85. The normalized spacial score (nSPS) is 20.4. The summed E-state index contributed by atoms with van der Waals surface area (Å²) < 4.78 is 24.4. The lowest BCUT2D eigenvalue weighted by Gasteiger charge is -2.28. The van der Waals surface area contributed by atoms with E-state index in [4.69, 9.17) is 0 Å². The van der Waals surface area contributed by atoms with Crippen molar-refractivity contribution in [2.75, 3.05) is 38.7 Å². The van der Waals surface area contributed by atoms with Crippen molar-refractivity contribution >= 4 is 49.1 Å². The maximum absolute atomic E-state index is 12.6. The summed E-state index contributed by atoms with van der Waals surface area (Å²) in [5.41, 5.74) is 0. The van der Waals surface area contributed by atoms with Crippen LogP contribution < -0.4 is 0 Å². The SMILES string of the molecule is CN(C)CCN(C(=O)/C=C\c1ccc(Br)s1)[C@H]1CCS(=O)(=O)C1. The molecule has 1 amide bonds. The number of thiophene rings is 1. The van der Waals surface area contributed by atoms with E-state index in [-0.39, 0.29) is 23.5 Å². The molecule has 128 valence electrons. The number of hydrogen-bond donors (Lipinski definition) is 0. The minimum Gasteiger partial charge on any atom is -0.334 e. The van der Waals surface area contributed by atoms with Gasteiger partial charge in [-0.2, -0.15) is 0 Å². The first-order valence-electron chi connectivity index (χ1n) is 7.36. The number of likely N-dealkylation sites (N-methyl/N-ethyl adjacent to an activating group) is 1. The average molecular weight is 421 g/mol. The number of halogens is 1. The summed E-state index contributed by atoms with van der Waals surface area (Å²) >= 11 is 4.94. The topological polar surface area (TPSA) is 57.7 Å². The Balaban J connectivity index is 2.09. The number of amides is 1. The molecule has 1 atom stereocenters. The molecule has 0 saturated carbocycles. The van der Waals surface area contributed by atoms with Crippen molar-refractivity contribution in [3.8, 4) is 0 Å². The number of sulfone groups is 1. The minimum atomic E-state index is -3.01. The van der Waals surface area contributed by atoms with E-state index < -0.39 is 9.84 Å². The van der Waals surface area contributed by atoms with Gasteiger partial charge in [0.05, 0.1) is 15.3 Å². The fourth-order valence-corrected chi connectivity index (χ4v) is 5.53. The molecule has 0 radical (unpaired) electrons. The molecular weight excluding hydrogens is 400 g/mol. The molecule has 5 nitrogen and oxygen atoms in total. The number of carbonyl (C=O) groups excluding carboxylic acids is 1. The first-order chi connectivity index (χ1) is 10.8. The molecule has 8 heteroatoms. The van der Waals surface area contributed by atoms with Crippen molar-refractivity contribution in [3.05, 3.63) is 26.9 Å². The highest BCUT2D eigenvalue weighted by atomic mass is 79.9. The highest BCUT2D eigenvalue weighted by Crippen LogP contribution is 2.23. The van der Waals surface area contributed by atoms with Crippen molar-refractivity contribution in [2.45, 2.75) is 12.5 Å². The van der Waals surface area contributed by atoms with Gasteiger partial charge >= 0.3 is 0 Å². The molecule has 2 heterocycles. The lowest BCUT2D eigenvalue weighted by molar-refractivity contribution is -0.127. The molecule has 0 bridgehead atoms. The molecule has 1 aromatic heterocycles. The largest absolute Gasteiger partial charge is 0.334 e. The summed E-state index contributed by atoms with van der Waals surface area (Å²) in [5, 5.41) is 0. The van der Waals surface area contributed by atoms with Crippen LogP contribution in [-0.4, -0.2) is 68.9 Å². The van der Waals surface area contributed by atoms with Crippen LogP contribution >= 0.6 is 27.3 Å². The molecule has 0 unspecified atom stereocenters. The van der Waals surface area contributed by atoms with Gasteiger partial charge in [-0.25, -0.2) is 8.42 Å². The molecule has 1 saturated heterocycles. The number of nitrogens with zero attached hydrogens (tertiary/aromatic N) is 2. The summed E-state index contributed by atoms with van der Waals surface area (Å²) in [6.45, 7) is 1.24. The van der Waals surface area contributed by atoms with E-state index in [1.807, 2.05) is 31.1 Å². The van der Waals surface area contributed by atoms with Crippen molar-refractivity contribution in [2.24, 2.45) is 0 Å². The number of carbonyl (C=O) groups is 1. The molecule has 2 rings (SSSR count). The van der Waals surface area contributed by atoms with Gasteiger partial charge in [0, 0.05) is 30.1 Å². The summed E-state index contributed by atoms with van der Waals surface area (Å²) in [5.74, 6) is 0.119. The van der Waals surface area contributed by atoms with Crippen LogP contribution in [-0.2, 0) is 14.6 Å². The third kappa shape index (κ3) is 5.70. The van der Waals surface area contributed by atoms with Crippen LogP contribution in [0.3, 0.4) is 0 Å². The van der Waals surface area contributed by atoms with Gasteiger partial charge in [-0.05, 0) is 54.7 Å². The van der Waals surface area contributed by atoms with Gasteiger partial charge in [0.1, 0.15) is 0 Å². The lowest BCUT2D eigenvalue weighted by Crippen LogP contribution is -2.43. The fourth-order valence-electron chi connectivity index (χ4n) is 2.47. The predicted molar refractivity (Wildman–Crippen MR) is 98.4 cm³/mol. The molecular formula is C15H21BrN2O3S2. The van der Waals surface area contributed by atoms with E-state index in [0.717, 1.165) is 8.66 Å². The first-order valence-corrected chi connectivity index (χ1v) is 10.8. The van der Waals surface area contributed by atoms with Crippen LogP contribution in [0, 0.1) is 0 Å².